The van der Waals surface area contributed by atoms with Crippen molar-refractivity contribution >= 4 is 15.9 Å². The minimum Gasteiger partial charge on any atom is -0.269 e. The molecule has 2 heterocycles. The van der Waals surface area contributed by atoms with E-state index < -0.39 is 0 Å². The van der Waals surface area contributed by atoms with Crippen molar-refractivity contribution in [3.63, 3.8) is 0 Å². The monoisotopic (exact) mass is 310 g/mol. The van der Waals surface area contributed by atoms with E-state index in [2.05, 4.69) is 26.1 Å². The van der Waals surface area contributed by atoms with Crippen LogP contribution in [0.15, 0.2) is 21.5 Å². The highest BCUT2D eigenvalue weighted by atomic mass is 79.9. The van der Waals surface area contributed by atoms with Gasteiger partial charge in [0.2, 0.25) is 0 Å². The van der Waals surface area contributed by atoms with Gasteiger partial charge in [-0.15, -0.1) is 0 Å². The summed E-state index contributed by atoms with van der Waals surface area (Å²) in [5.74, 6) is 0. The summed E-state index contributed by atoms with van der Waals surface area (Å²) in [6.45, 7) is 4.32. The van der Waals surface area contributed by atoms with Crippen LogP contribution in [0, 0.1) is 6.92 Å². The van der Waals surface area contributed by atoms with Gasteiger partial charge in [-0.2, -0.15) is 10.2 Å². The SMILES string of the molecule is CCc1nn(C)c(Cn2ncc(C)cc2=O)c1Br. The van der Waals surface area contributed by atoms with Crippen molar-refractivity contribution in [2.45, 2.75) is 26.8 Å². The molecule has 2 aromatic rings. The molecule has 2 rings (SSSR count). The highest BCUT2D eigenvalue weighted by molar-refractivity contribution is 9.10. The van der Waals surface area contributed by atoms with Crippen LogP contribution in [0.5, 0.6) is 0 Å². The van der Waals surface area contributed by atoms with Crippen molar-refractivity contribution in [1.29, 1.82) is 0 Å². The Morgan fingerprint density at radius 2 is 2.17 bits per heavy atom. The number of rotatable bonds is 3. The average molecular weight is 311 g/mol. The Morgan fingerprint density at radius 3 is 2.72 bits per heavy atom. The van der Waals surface area contributed by atoms with Crippen LogP contribution in [-0.4, -0.2) is 19.6 Å². The van der Waals surface area contributed by atoms with Crippen LogP contribution in [0.3, 0.4) is 0 Å². The first-order chi connectivity index (χ1) is 8.52. The van der Waals surface area contributed by atoms with E-state index in [0.29, 0.717) is 6.54 Å². The Bertz CT molecular complexity index is 629. The first-order valence-corrected chi connectivity index (χ1v) is 6.56. The average Bonchev–Trinajstić information content (AvgIpc) is 2.59. The maximum absolute atomic E-state index is 11.8. The zero-order valence-electron chi connectivity index (χ0n) is 10.6. The number of hydrogen-bond donors (Lipinski definition) is 0. The van der Waals surface area contributed by atoms with Crippen molar-refractivity contribution in [3.05, 3.63) is 44.0 Å². The maximum atomic E-state index is 11.8. The summed E-state index contributed by atoms with van der Waals surface area (Å²) in [6, 6.07) is 1.58. The summed E-state index contributed by atoms with van der Waals surface area (Å²) in [6.07, 6.45) is 2.54. The van der Waals surface area contributed by atoms with Crippen LogP contribution in [0.4, 0.5) is 0 Å². The predicted molar refractivity (Wildman–Crippen MR) is 72.6 cm³/mol. The van der Waals surface area contributed by atoms with Crippen molar-refractivity contribution in [2.24, 2.45) is 7.05 Å². The van der Waals surface area contributed by atoms with E-state index in [9.17, 15) is 4.79 Å². The molecule has 0 amide bonds. The first-order valence-electron chi connectivity index (χ1n) is 5.77. The lowest BCUT2D eigenvalue weighted by molar-refractivity contribution is 0.587. The largest absolute Gasteiger partial charge is 0.269 e. The van der Waals surface area contributed by atoms with E-state index in [-0.39, 0.29) is 5.56 Å². The summed E-state index contributed by atoms with van der Waals surface area (Å²) in [4.78, 5) is 11.8. The topological polar surface area (TPSA) is 52.7 Å². The fourth-order valence-electron chi connectivity index (χ4n) is 1.78. The van der Waals surface area contributed by atoms with Gasteiger partial charge in [-0.3, -0.25) is 9.48 Å². The summed E-state index contributed by atoms with van der Waals surface area (Å²) >= 11 is 3.53. The predicted octanol–water partition coefficient (Wildman–Crippen LogP) is 1.66. The fourth-order valence-corrected chi connectivity index (χ4v) is 2.52. The Morgan fingerprint density at radius 1 is 1.44 bits per heavy atom. The van der Waals surface area contributed by atoms with E-state index >= 15 is 0 Å². The van der Waals surface area contributed by atoms with Crippen LogP contribution in [-0.2, 0) is 20.0 Å². The Balaban J connectivity index is 2.40. The number of hydrogen-bond acceptors (Lipinski definition) is 3. The molecular weight excluding hydrogens is 296 g/mol. The molecule has 0 N–H and O–H groups in total. The molecule has 0 saturated heterocycles. The van der Waals surface area contributed by atoms with Gasteiger partial charge in [0.15, 0.2) is 0 Å². The third-order valence-corrected chi connectivity index (χ3v) is 3.72. The molecule has 0 aromatic carbocycles. The molecule has 0 atom stereocenters. The van der Waals surface area contributed by atoms with Gasteiger partial charge in [0, 0.05) is 13.1 Å². The number of nitrogens with zero attached hydrogens (tertiary/aromatic N) is 4. The molecule has 96 valence electrons. The van der Waals surface area contributed by atoms with Crippen LogP contribution >= 0.6 is 15.9 Å². The van der Waals surface area contributed by atoms with Gasteiger partial charge in [0.05, 0.1) is 28.6 Å². The second-order valence-electron chi connectivity index (χ2n) is 4.21. The van der Waals surface area contributed by atoms with Gasteiger partial charge in [-0.05, 0) is 34.8 Å². The van der Waals surface area contributed by atoms with Crippen molar-refractivity contribution in [1.82, 2.24) is 19.6 Å². The second-order valence-corrected chi connectivity index (χ2v) is 5.01. The van der Waals surface area contributed by atoms with E-state index in [0.717, 1.165) is 27.8 Å². The Kier molecular flexibility index (Phi) is 3.65. The lowest BCUT2D eigenvalue weighted by atomic mass is 10.3. The highest BCUT2D eigenvalue weighted by Gasteiger charge is 2.13. The van der Waals surface area contributed by atoms with Gasteiger partial charge in [0.1, 0.15) is 0 Å². The van der Waals surface area contributed by atoms with Crippen molar-refractivity contribution < 1.29 is 0 Å². The van der Waals surface area contributed by atoms with Gasteiger partial charge >= 0.3 is 0 Å². The van der Waals surface area contributed by atoms with Crippen LogP contribution < -0.4 is 5.56 Å². The van der Waals surface area contributed by atoms with Gasteiger partial charge in [0.25, 0.3) is 5.56 Å². The quantitative estimate of drug-likeness (QED) is 0.866. The number of aromatic nitrogens is 4. The minimum atomic E-state index is -0.0962. The van der Waals surface area contributed by atoms with E-state index in [1.807, 2.05) is 20.9 Å². The van der Waals surface area contributed by atoms with E-state index in [1.54, 1.807) is 16.9 Å². The maximum Gasteiger partial charge on any atom is 0.267 e. The molecule has 2 aromatic heterocycles. The van der Waals surface area contributed by atoms with Crippen LogP contribution in [0.2, 0.25) is 0 Å². The molecule has 0 fully saturated rings. The van der Waals surface area contributed by atoms with E-state index in [4.69, 9.17) is 0 Å². The molecule has 5 nitrogen and oxygen atoms in total. The number of aryl methyl sites for hydroxylation is 3. The summed E-state index contributed by atoms with van der Waals surface area (Å²) in [5, 5.41) is 8.53. The molecule has 0 bridgehead atoms. The molecular formula is C12H15BrN4O. The van der Waals surface area contributed by atoms with Crippen molar-refractivity contribution in [3.8, 4) is 0 Å². The fraction of sp³-hybridized carbons (Fsp3) is 0.417. The molecule has 6 heteroatoms. The Labute approximate surface area is 114 Å². The van der Waals surface area contributed by atoms with Crippen molar-refractivity contribution in [2.75, 3.05) is 0 Å². The molecule has 0 saturated carbocycles. The van der Waals surface area contributed by atoms with Crippen LogP contribution in [0.25, 0.3) is 0 Å². The smallest absolute Gasteiger partial charge is 0.267 e. The molecule has 0 aliphatic rings. The minimum absolute atomic E-state index is 0.0962. The molecule has 18 heavy (non-hydrogen) atoms. The normalized spacial score (nSPS) is 10.9. The lowest BCUT2D eigenvalue weighted by Gasteiger charge is -2.05. The Hall–Kier alpha value is -1.43. The summed E-state index contributed by atoms with van der Waals surface area (Å²) in [7, 11) is 1.87. The zero-order valence-corrected chi connectivity index (χ0v) is 12.2. The van der Waals surface area contributed by atoms with Gasteiger partial charge < -0.3 is 0 Å². The molecule has 0 aliphatic heterocycles. The number of halogens is 1. The summed E-state index contributed by atoms with van der Waals surface area (Å²) in [5.41, 5.74) is 2.72. The van der Waals surface area contributed by atoms with Gasteiger partial charge in [-0.1, -0.05) is 6.92 Å². The van der Waals surface area contributed by atoms with Crippen LogP contribution in [0.1, 0.15) is 23.9 Å². The first kappa shape index (κ1) is 13.0. The van der Waals surface area contributed by atoms with E-state index in [1.165, 1.54) is 4.68 Å². The molecule has 0 aliphatic carbocycles. The standard InChI is InChI=1S/C12H15BrN4O/c1-4-9-12(13)10(16(3)15-9)7-17-11(18)5-8(2)6-14-17/h5-6H,4,7H2,1-3H3. The molecule has 0 radical (unpaired) electrons. The summed E-state index contributed by atoms with van der Waals surface area (Å²) < 4.78 is 4.19. The second kappa shape index (κ2) is 5.06. The third-order valence-electron chi connectivity index (χ3n) is 2.81. The molecule has 0 spiro atoms. The van der Waals surface area contributed by atoms with Gasteiger partial charge in [-0.25, -0.2) is 4.68 Å². The zero-order chi connectivity index (χ0) is 13.3. The third kappa shape index (κ3) is 2.38. The highest BCUT2D eigenvalue weighted by Crippen LogP contribution is 2.21. The lowest BCUT2D eigenvalue weighted by Crippen LogP contribution is -2.23. The molecule has 0 unspecified atom stereocenters.